The van der Waals surface area contributed by atoms with Crippen LogP contribution in [0.5, 0.6) is 0 Å². The second-order valence-corrected chi connectivity index (χ2v) is 7.25. The van der Waals surface area contributed by atoms with E-state index in [1.165, 1.54) is 18.2 Å². The first kappa shape index (κ1) is 25.8. The molecule has 1 heterocycles. The van der Waals surface area contributed by atoms with E-state index in [0.717, 1.165) is 24.1 Å². The number of hydrogen-bond donors (Lipinski definition) is 2. The van der Waals surface area contributed by atoms with Gasteiger partial charge in [0.1, 0.15) is 0 Å². The second kappa shape index (κ2) is 12.0. The highest BCUT2D eigenvalue weighted by Crippen LogP contribution is 2.29. The molecule has 1 aliphatic rings. The minimum absolute atomic E-state index is 0. The molecule has 0 spiro atoms. The number of halogens is 4. The monoisotopic (exact) mass is 564 g/mol. The van der Waals surface area contributed by atoms with Crippen LogP contribution < -0.4 is 10.6 Å². The first-order valence-electron chi connectivity index (χ1n) is 9.80. The molecule has 1 atom stereocenters. The average molecular weight is 564 g/mol. The third-order valence-electron chi connectivity index (χ3n) is 4.86. The molecule has 174 valence electrons. The number of rotatable bonds is 7. The topological polar surface area (TPSA) is 88.8 Å². The molecule has 0 bridgehead atoms. The van der Waals surface area contributed by atoms with Gasteiger partial charge in [-0.2, -0.15) is 13.2 Å². The van der Waals surface area contributed by atoms with Gasteiger partial charge in [-0.15, -0.1) is 24.0 Å². The Morgan fingerprint density at radius 2 is 1.91 bits per heavy atom. The zero-order chi connectivity index (χ0) is 22.3. The molecule has 0 amide bonds. The largest absolute Gasteiger partial charge is 0.416 e. The van der Waals surface area contributed by atoms with Gasteiger partial charge in [-0.1, -0.05) is 24.3 Å². The molecular formula is C21H24F3IN4O3. The van der Waals surface area contributed by atoms with Gasteiger partial charge >= 0.3 is 6.18 Å². The fraction of sp³-hybridized carbons (Fsp3) is 0.381. The molecule has 0 aromatic heterocycles. The smallest absolute Gasteiger partial charge is 0.381 e. The number of ether oxygens (including phenoxy) is 1. The minimum Gasteiger partial charge on any atom is -0.381 e. The number of nitrogens with zero attached hydrogens (tertiary/aromatic N) is 2. The highest BCUT2D eigenvalue weighted by molar-refractivity contribution is 14.0. The zero-order valence-electron chi connectivity index (χ0n) is 17.1. The summed E-state index contributed by atoms with van der Waals surface area (Å²) < 4.78 is 44.2. The third kappa shape index (κ3) is 7.93. The predicted molar refractivity (Wildman–Crippen MR) is 125 cm³/mol. The number of aliphatic imine (C=N–C) groups is 1. The normalized spacial score (nSPS) is 16.3. The molecule has 11 heteroatoms. The Hall–Kier alpha value is -2.41. The average Bonchev–Trinajstić information content (AvgIpc) is 3.27. The Morgan fingerprint density at radius 1 is 1.16 bits per heavy atom. The van der Waals surface area contributed by atoms with Gasteiger partial charge in [0.05, 0.1) is 23.6 Å². The van der Waals surface area contributed by atoms with Crippen molar-refractivity contribution in [3.05, 3.63) is 75.3 Å². The lowest BCUT2D eigenvalue weighted by molar-refractivity contribution is -0.384. The van der Waals surface area contributed by atoms with Gasteiger partial charge in [0.15, 0.2) is 5.96 Å². The molecule has 1 aliphatic heterocycles. The third-order valence-corrected chi connectivity index (χ3v) is 4.86. The lowest BCUT2D eigenvalue weighted by Gasteiger charge is -2.15. The Bertz CT molecular complexity index is 917. The van der Waals surface area contributed by atoms with Gasteiger partial charge < -0.3 is 15.4 Å². The molecule has 2 aromatic carbocycles. The molecule has 2 aromatic rings. The number of hydrogen-bond acceptors (Lipinski definition) is 4. The van der Waals surface area contributed by atoms with Crippen LogP contribution in [-0.4, -0.2) is 30.6 Å². The van der Waals surface area contributed by atoms with E-state index in [-0.39, 0.29) is 36.2 Å². The van der Waals surface area contributed by atoms with Crippen LogP contribution in [0.4, 0.5) is 18.9 Å². The maximum Gasteiger partial charge on any atom is 0.416 e. The molecule has 0 radical (unpaired) electrons. The Labute approximate surface area is 200 Å². The first-order chi connectivity index (χ1) is 14.8. The van der Waals surface area contributed by atoms with Crippen LogP contribution in [0.15, 0.2) is 53.5 Å². The fourth-order valence-electron chi connectivity index (χ4n) is 3.10. The fourth-order valence-corrected chi connectivity index (χ4v) is 3.10. The van der Waals surface area contributed by atoms with Crippen molar-refractivity contribution in [1.29, 1.82) is 0 Å². The van der Waals surface area contributed by atoms with Crippen molar-refractivity contribution >= 4 is 35.6 Å². The molecule has 1 saturated heterocycles. The van der Waals surface area contributed by atoms with Crippen LogP contribution in [0.1, 0.15) is 23.1 Å². The number of non-ortho nitro benzene ring substituents is 1. The molecule has 3 rings (SSSR count). The summed E-state index contributed by atoms with van der Waals surface area (Å²) in [5.74, 6) is 0.780. The lowest BCUT2D eigenvalue weighted by atomic mass is 10.1. The van der Waals surface area contributed by atoms with E-state index in [0.29, 0.717) is 43.7 Å². The molecular weight excluding hydrogens is 540 g/mol. The van der Waals surface area contributed by atoms with E-state index < -0.39 is 16.7 Å². The summed E-state index contributed by atoms with van der Waals surface area (Å²) in [6, 6.07) is 11.2. The summed E-state index contributed by atoms with van der Waals surface area (Å²) in [6.45, 7) is 2.40. The van der Waals surface area contributed by atoms with Crippen LogP contribution in [-0.2, 0) is 24.0 Å². The van der Waals surface area contributed by atoms with Crippen molar-refractivity contribution in [1.82, 2.24) is 10.6 Å². The molecule has 0 aliphatic carbocycles. The predicted octanol–water partition coefficient (Wildman–Crippen LogP) is 4.50. The summed E-state index contributed by atoms with van der Waals surface area (Å²) >= 11 is 0. The van der Waals surface area contributed by atoms with Gasteiger partial charge in [-0.3, -0.25) is 10.1 Å². The van der Waals surface area contributed by atoms with Crippen LogP contribution in [0.25, 0.3) is 0 Å². The van der Waals surface area contributed by atoms with Gasteiger partial charge in [0.25, 0.3) is 5.69 Å². The standard InChI is InChI=1S/C21H23F3N4O3.HI/c22-21(23,24)18-3-1-2-16(10-18)12-26-20(27-13-17-8-9-31-14-17)25-11-15-4-6-19(7-5-15)28(29)30;/h1-7,10,17H,8-9,11-14H2,(H2,25,26,27);1H. The molecule has 2 N–H and O–H groups in total. The first-order valence-corrected chi connectivity index (χ1v) is 9.80. The SMILES string of the molecule is I.O=[N+]([O-])c1ccc(CNC(=NCc2cccc(C(F)(F)F)c2)NCC2CCOC2)cc1. The molecule has 32 heavy (non-hydrogen) atoms. The van der Waals surface area contributed by atoms with Crippen molar-refractivity contribution in [2.45, 2.75) is 25.7 Å². The van der Waals surface area contributed by atoms with Crippen molar-refractivity contribution in [2.24, 2.45) is 10.9 Å². The highest BCUT2D eigenvalue weighted by Gasteiger charge is 2.30. The van der Waals surface area contributed by atoms with E-state index in [9.17, 15) is 23.3 Å². The van der Waals surface area contributed by atoms with Crippen LogP contribution in [0.3, 0.4) is 0 Å². The summed E-state index contributed by atoms with van der Waals surface area (Å²) in [4.78, 5) is 14.7. The Kier molecular flexibility index (Phi) is 9.69. The highest BCUT2D eigenvalue weighted by atomic mass is 127. The maximum absolute atomic E-state index is 12.9. The minimum atomic E-state index is -4.41. The van der Waals surface area contributed by atoms with Crippen molar-refractivity contribution < 1.29 is 22.8 Å². The maximum atomic E-state index is 12.9. The number of benzene rings is 2. The number of nitro benzene ring substituents is 1. The summed E-state index contributed by atoms with van der Waals surface area (Å²) in [7, 11) is 0. The number of guanidine groups is 1. The molecule has 1 fully saturated rings. The number of nitro groups is 1. The second-order valence-electron chi connectivity index (χ2n) is 7.25. The number of nitrogens with one attached hydrogen (secondary N) is 2. The van der Waals surface area contributed by atoms with E-state index >= 15 is 0 Å². The van der Waals surface area contributed by atoms with Gasteiger partial charge in [0, 0.05) is 37.7 Å². The Morgan fingerprint density at radius 3 is 2.53 bits per heavy atom. The van der Waals surface area contributed by atoms with Gasteiger partial charge in [-0.05, 0) is 29.7 Å². The van der Waals surface area contributed by atoms with E-state index in [4.69, 9.17) is 4.74 Å². The van der Waals surface area contributed by atoms with E-state index in [1.807, 2.05) is 0 Å². The van der Waals surface area contributed by atoms with Crippen LogP contribution in [0.2, 0.25) is 0 Å². The lowest BCUT2D eigenvalue weighted by Crippen LogP contribution is -2.39. The quantitative estimate of drug-likeness (QED) is 0.170. The van der Waals surface area contributed by atoms with Crippen LogP contribution in [0, 0.1) is 16.0 Å². The molecule has 1 unspecified atom stereocenters. The van der Waals surface area contributed by atoms with E-state index in [1.54, 1.807) is 18.2 Å². The summed E-state index contributed by atoms with van der Waals surface area (Å²) in [5.41, 5.74) is 0.539. The number of alkyl halides is 3. The van der Waals surface area contributed by atoms with Crippen molar-refractivity contribution in [3.8, 4) is 0 Å². The van der Waals surface area contributed by atoms with Gasteiger partial charge in [-0.25, -0.2) is 4.99 Å². The molecule has 7 nitrogen and oxygen atoms in total. The van der Waals surface area contributed by atoms with Crippen molar-refractivity contribution in [3.63, 3.8) is 0 Å². The Balaban J connectivity index is 0.00000363. The van der Waals surface area contributed by atoms with Crippen molar-refractivity contribution in [2.75, 3.05) is 19.8 Å². The summed E-state index contributed by atoms with van der Waals surface area (Å²) in [6.07, 6.45) is -3.48. The molecule has 0 saturated carbocycles. The van der Waals surface area contributed by atoms with Gasteiger partial charge in [0.2, 0.25) is 0 Å². The van der Waals surface area contributed by atoms with E-state index in [2.05, 4.69) is 15.6 Å². The zero-order valence-corrected chi connectivity index (χ0v) is 19.4. The summed E-state index contributed by atoms with van der Waals surface area (Å²) in [5, 5.41) is 17.1. The van der Waals surface area contributed by atoms with Crippen LogP contribution >= 0.6 is 24.0 Å².